The molecular formula is C23H23N3O9. The standard InChI is InChI=1S/C23H23N3O9/c1-11-16(20(27)23(29)10-34-19-15(35-26(30)31)9-33-21(19)23)18(14-6-4-13(8-24)5-7-14)17(12(2)25-11)22(28)32-3/h4-7,15,17-19,21,29H,9-10H2,1-3H3/t15-,17?,18?,19+,21-,23-/m0/s1. The number of aliphatic hydroxyl groups is 1. The van der Waals surface area contributed by atoms with Crippen molar-refractivity contribution in [2.24, 2.45) is 10.9 Å². The van der Waals surface area contributed by atoms with Crippen molar-refractivity contribution in [1.82, 2.24) is 0 Å². The van der Waals surface area contributed by atoms with Gasteiger partial charge in [-0.15, -0.1) is 10.1 Å². The highest BCUT2D eigenvalue weighted by Gasteiger charge is 2.62. The van der Waals surface area contributed by atoms with E-state index in [1.165, 1.54) is 7.11 Å². The van der Waals surface area contributed by atoms with Crippen molar-refractivity contribution < 1.29 is 38.8 Å². The number of benzene rings is 1. The van der Waals surface area contributed by atoms with E-state index in [9.17, 15) is 24.8 Å². The van der Waals surface area contributed by atoms with Crippen LogP contribution in [0.2, 0.25) is 0 Å². The molecule has 0 bridgehead atoms. The highest BCUT2D eigenvalue weighted by atomic mass is 17.0. The molecule has 0 aliphatic carbocycles. The van der Waals surface area contributed by atoms with Crippen LogP contribution in [0.3, 0.4) is 0 Å². The van der Waals surface area contributed by atoms with Crippen LogP contribution in [0.25, 0.3) is 0 Å². The van der Waals surface area contributed by atoms with Crippen LogP contribution >= 0.6 is 0 Å². The minimum Gasteiger partial charge on any atom is -0.468 e. The summed E-state index contributed by atoms with van der Waals surface area (Å²) in [6.07, 6.45) is -3.35. The maximum Gasteiger partial charge on any atom is 0.315 e. The third-order valence-corrected chi connectivity index (χ3v) is 6.61. The minimum absolute atomic E-state index is 0.0599. The number of ketones is 1. The Bertz CT molecular complexity index is 1170. The molecule has 2 unspecified atom stereocenters. The largest absolute Gasteiger partial charge is 0.468 e. The molecule has 0 amide bonds. The van der Waals surface area contributed by atoms with E-state index in [1.807, 2.05) is 6.07 Å². The van der Waals surface area contributed by atoms with Crippen molar-refractivity contribution in [3.63, 3.8) is 0 Å². The molecule has 3 aliphatic rings. The average molecular weight is 485 g/mol. The normalized spacial score (nSPS) is 31.9. The summed E-state index contributed by atoms with van der Waals surface area (Å²) in [7, 11) is 1.23. The fourth-order valence-corrected chi connectivity index (χ4v) is 5.01. The Hall–Kier alpha value is -3.66. The number of allylic oxidation sites excluding steroid dienone is 1. The number of carbonyl (C=O) groups excluding carboxylic acids is 2. The van der Waals surface area contributed by atoms with Crippen LogP contribution in [0.15, 0.2) is 40.5 Å². The summed E-state index contributed by atoms with van der Waals surface area (Å²) in [5.41, 5.74) is -0.497. The van der Waals surface area contributed by atoms with Crippen molar-refractivity contribution in [2.75, 3.05) is 20.3 Å². The predicted molar refractivity (Wildman–Crippen MR) is 117 cm³/mol. The van der Waals surface area contributed by atoms with Crippen molar-refractivity contribution in [3.8, 4) is 6.07 Å². The van der Waals surface area contributed by atoms with Gasteiger partial charge < -0.3 is 24.2 Å². The molecule has 2 saturated heterocycles. The maximum absolute atomic E-state index is 14.0. The van der Waals surface area contributed by atoms with E-state index in [0.29, 0.717) is 16.8 Å². The maximum atomic E-state index is 14.0. The lowest BCUT2D eigenvalue weighted by atomic mass is 9.71. The van der Waals surface area contributed by atoms with Gasteiger partial charge in [0.25, 0.3) is 5.09 Å². The first-order chi connectivity index (χ1) is 16.6. The van der Waals surface area contributed by atoms with Gasteiger partial charge in [-0.1, -0.05) is 12.1 Å². The van der Waals surface area contributed by atoms with Crippen LogP contribution in [0.4, 0.5) is 0 Å². The van der Waals surface area contributed by atoms with E-state index in [0.717, 1.165) is 0 Å². The molecule has 35 heavy (non-hydrogen) atoms. The lowest BCUT2D eigenvalue weighted by molar-refractivity contribution is -0.769. The van der Waals surface area contributed by atoms with Gasteiger partial charge in [0, 0.05) is 22.9 Å². The van der Waals surface area contributed by atoms with Gasteiger partial charge in [-0.25, -0.2) is 0 Å². The van der Waals surface area contributed by atoms with Crippen LogP contribution in [0, 0.1) is 27.4 Å². The molecule has 12 heteroatoms. The molecule has 3 aliphatic heterocycles. The average Bonchev–Trinajstić information content (AvgIpc) is 3.39. The third kappa shape index (κ3) is 4.07. The first-order valence-corrected chi connectivity index (χ1v) is 10.8. The minimum atomic E-state index is -2.19. The molecule has 0 radical (unpaired) electrons. The number of aliphatic imine (C=N–C) groups is 1. The number of methoxy groups -OCH3 is 1. The molecule has 184 valence electrons. The number of nitrogens with zero attached hydrogens (tertiary/aromatic N) is 3. The number of rotatable bonds is 6. The number of carbonyl (C=O) groups is 2. The van der Waals surface area contributed by atoms with Crippen LogP contribution in [-0.4, -0.2) is 71.9 Å². The molecule has 4 rings (SSSR count). The van der Waals surface area contributed by atoms with Crippen LogP contribution in [0.1, 0.15) is 30.9 Å². The summed E-state index contributed by atoms with van der Waals surface area (Å²) in [5, 5.41) is 30.5. The lowest BCUT2D eigenvalue weighted by Gasteiger charge is -2.35. The van der Waals surface area contributed by atoms with Gasteiger partial charge in [0.15, 0.2) is 17.5 Å². The number of fused-ring (bicyclic) bond motifs is 1. The van der Waals surface area contributed by atoms with Crippen LogP contribution < -0.4 is 0 Å². The molecule has 0 aromatic heterocycles. The Morgan fingerprint density at radius 3 is 2.57 bits per heavy atom. The highest BCUT2D eigenvalue weighted by molar-refractivity contribution is 6.11. The smallest absolute Gasteiger partial charge is 0.315 e. The molecule has 0 spiro atoms. The number of nitriles is 1. The summed E-state index contributed by atoms with van der Waals surface area (Å²) in [4.78, 5) is 46.5. The Labute approximate surface area is 199 Å². The zero-order valence-corrected chi connectivity index (χ0v) is 19.2. The quantitative estimate of drug-likeness (QED) is 0.346. The molecule has 12 nitrogen and oxygen atoms in total. The van der Waals surface area contributed by atoms with E-state index in [4.69, 9.17) is 19.5 Å². The second-order valence-electron chi connectivity index (χ2n) is 8.61. The zero-order chi connectivity index (χ0) is 25.5. The van der Waals surface area contributed by atoms with Crippen molar-refractivity contribution in [3.05, 3.63) is 56.8 Å². The van der Waals surface area contributed by atoms with Gasteiger partial charge in [0.05, 0.1) is 32.0 Å². The van der Waals surface area contributed by atoms with Gasteiger partial charge in [0.1, 0.15) is 18.1 Å². The SMILES string of the molecule is COC(=O)C1C(C)=NC(C)=C(C(=O)[C@@]2(O)CO[C@@H]3[C@@H](O[N+](=O)[O-])CO[C@@H]32)C1c1ccc(C#N)cc1. The summed E-state index contributed by atoms with van der Waals surface area (Å²) >= 11 is 0. The van der Waals surface area contributed by atoms with Crippen LogP contribution in [0.5, 0.6) is 0 Å². The summed E-state index contributed by atoms with van der Waals surface area (Å²) in [5.74, 6) is -3.24. The highest BCUT2D eigenvalue weighted by Crippen LogP contribution is 2.45. The lowest BCUT2D eigenvalue weighted by Crippen LogP contribution is -2.53. The number of hydrogen-bond donors (Lipinski definition) is 1. The van der Waals surface area contributed by atoms with Crippen molar-refractivity contribution in [1.29, 1.82) is 5.26 Å². The van der Waals surface area contributed by atoms with Gasteiger partial charge in [-0.2, -0.15) is 5.26 Å². The number of Topliss-reactive ketones (excluding diaryl/α,β-unsaturated/α-hetero) is 1. The fourth-order valence-electron chi connectivity index (χ4n) is 5.01. The second-order valence-corrected chi connectivity index (χ2v) is 8.61. The Kier molecular flexibility index (Phi) is 6.42. The fraction of sp³-hybridized carbons (Fsp3) is 0.478. The molecule has 1 aromatic rings. The molecule has 2 fully saturated rings. The summed E-state index contributed by atoms with van der Waals surface area (Å²) in [6, 6.07) is 8.40. The number of esters is 1. The molecule has 1 aromatic carbocycles. The first kappa shape index (κ1) is 24.5. The molecule has 1 N–H and O–H groups in total. The van der Waals surface area contributed by atoms with Gasteiger partial charge >= 0.3 is 5.97 Å². The van der Waals surface area contributed by atoms with Gasteiger partial charge in [0.2, 0.25) is 0 Å². The summed E-state index contributed by atoms with van der Waals surface area (Å²) < 4.78 is 16.1. The van der Waals surface area contributed by atoms with Crippen molar-refractivity contribution >= 4 is 17.5 Å². The molecule has 0 saturated carbocycles. The molecule has 6 atom stereocenters. The summed E-state index contributed by atoms with van der Waals surface area (Å²) in [6.45, 7) is 2.50. The second kappa shape index (κ2) is 9.18. The van der Waals surface area contributed by atoms with E-state index >= 15 is 0 Å². The number of ether oxygens (including phenoxy) is 3. The van der Waals surface area contributed by atoms with E-state index < -0.39 is 59.2 Å². The monoisotopic (exact) mass is 485 g/mol. The Balaban J connectivity index is 1.77. The first-order valence-electron chi connectivity index (χ1n) is 10.8. The topological polar surface area (TPSA) is 171 Å². The van der Waals surface area contributed by atoms with E-state index in [2.05, 4.69) is 9.83 Å². The third-order valence-electron chi connectivity index (χ3n) is 6.61. The van der Waals surface area contributed by atoms with E-state index in [1.54, 1.807) is 38.1 Å². The molecule has 3 heterocycles. The number of hydrogen-bond acceptors (Lipinski definition) is 11. The Morgan fingerprint density at radius 1 is 1.29 bits per heavy atom. The van der Waals surface area contributed by atoms with Gasteiger partial charge in [-0.3, -0.25) is 14.6 Å². The molecular weight excluding hydrogens is 462 g/mol. The van der Waals surface area contributed by atoms with Crippen molar-refractivity contribution in [2.45, 2.75) is 43.7 Å². The van der Waals surface area contributed by atoms with E-state index in [-0.39, 0.29) is 17.9 Å². The predicted octanol–water partition coefficient (Wildman–Crippen LogP) is 0.854. The van der Waals surface area contributed by atoms with Gasteiger partial charge in [-0.05, 0) is 31.5 Å². The zero-order valence-electron chi connectivity index (χ0n) is 19.2. The van der Waals surface area contributed by atoms with Crippen LogP contribution in [-0.2, 0) is 28.6 Å². The Morgan fingerprint density at radius 2 is 1.97 bits per heavy atom.